The number of β-amino-alcohol motifs (C(OH)–C–C–N with tert-alkyl or cyclic N) is 1. The van der Waals surface area contributed by atoms with E-state index < -0.39 is 35.0 Å². The summed E-state index contributed by atoms with van der Waals surface area (Å²) in [6.45, 7) is 10.0. The minimum atomic E-state index is -1.08. The Balaban J connectivity index is 1.65. The Kier molecular flexibility index (Phi) is 8.79. The number of esters is 1. The molecule has 3 saturated heterocycles. The largest absolute Gasteiger partial charge is 0.465 e. The third kappa shape index (κ3) is 4.76. The highest BCUT2D eigenvalue weighted by Crippen LogP contribution is 2.64. The van der Waals surface area contributed by atoms with E-state index in [1.807, 2.05) is 17.9 Å². The summed E-state index contributed by atoms with van der Waals surface area (Å²) in [4.78, 5) is 45.1. The van der Waals surface area contributed by atoms with Gasteiger partial charge in [-0.05, 0) is 51.4 Å². The maximum Gasteiger partial charge on any atom is 0.312 e. The summed E-state index contributed by atoms with van der Waals surface area (Å²) in [5.41, 5.74) is -1.89. The first-order valence-electron chi connectivity index (χ1n) is 14.2. The van der Waals surface area contributed by atoms with Crippen LogP contribution < -0.4 is 0 Å². The average Bonchev–Trinajstić information content (AvgIpc) is 3.51. The molecule has 1 saturated carbocycles. The van der Waals surface area contributed by atoms with Crippen molar-refractivity contribution in [2.24, 2.45) is 11.8 Å². The van der Waals surface area contributed by atoms with Gasteiger partial charge in [-0.2, -0.15) is 0 Å². The summed E-state index contributed by atoms with van der Waals surface area (Å²) >= 11 is 0. The molecule has 4 rings (SSSR count). The van der Waals surface area contributed by atoms with Crippen molar-refractivity contribution in [2.75, 3.05) is 26.3 Å². The fourth-order valence-corrected chi connectivity index (χ4v) is 7.47. The zero-order chi connectivity index (χ0) is 26.6. The molecular weight excluding hydrogens is 472 g/mol. The standard InChI is InChI=1S/C29H44N2O6/c1-4-7-8-12-20-36-27(35)23-22-25(33)31(18-19-32)24(29(22)16-15-28(23,6-3)37-29)26(34)30(17-5-2)21-13-10-9-11-14-21/h4-5,21-24,32H,1-2,6-20H2,3H3/t22-,23+,24?,28-,29?/m0/s1. The predicted octanol–water partition coefficient (Wildman–Crippen LogP) is 3.38. The van der Waals surface area contributed by atoms with Crippen LogP contribution in [0.3, 0.4) is 0 Å². The Labute approximate surface area is 221 Å². The molecule has 2 unspecified atom stereocenters. The van der Waals surface area contributed by atoms with Crippen molar-refractivity contribution in [2.45, 2.75) is 101 Å². The van der Waals surface area contributed by atoms with Crippen LogP contribution >= 0.6 is 0 Å². The maximum absolute atomic E-state index is 14.3. The van der Waals surface area contributed by atoms with Gasteiger partial charge in [0.15, 0.2) is 0 Å². The van der Waals surface area contributed by atoms with Crippen molar-refractivity contribution in [1.29, 1.82) is 0 Å². The molecule has 1 aliphatic carbocycles. The molecule has 3 aliphatic heterocycles. The molecule has 4 aliphatic rings. The summed E-state index contributed by atoms with van der Waals surface area (Å²) in [7, 11) is 0. The summed E-state index contributed by atoms with van der Waals surface area (Å²) in [5, 5.41) is 9.85. The van der Waals surface area contributed by atoms with Crippen molar-refractivity contribution in [3.63, 3.8) is 0 Å². The minimum absolute atomic E-state index is 0.0336. The van der Waals surface area contributed by atoms with Gasteiger partial charge >= 0.3 is 5.97 Å². The first-order chi connectivity index (χ1) is 17.9. The molecule has 0 aromatic heterocycles. The molecular formula is C29H44N2O6. The molecule has 8 nitrogen and oxygen atoms in total. The second-order valence-corrected chi connectivity index (χ2v) is 11.1. The number of carbonyl (C=O) groups is 3. The highest BCUT2D eigenvalue weighted by Gasteiger charge is 2.79. The summed E-state index contributed by atoms with van der Waals surface area (Å²) in [6.07, 6.45) is 12.9. The lowest BCUT2D eigenvalue weighted by Gasteiger charge is -2.40. The Morgan fingerprint density at radius 1 is 1.19 bits per heavy atom. The highest BCUT2D eigenvalue weighted by molar-refractivity contribution is 5.98. The molecule has 8 heteroatoms. The lowest BCUT2D eigenvalue weighted by molar-refractivity contribution is -0.162. The van der Waals surface area contributed by atoms with Crippen LogP contribution in [0, 0.1) is 11.8 Å². The van der Waals surface area contributed by atoms with Crippen LogP contribution in [0.2, 0.25) is 0 Å². The number of amides is 2. The van der Waals surface area contributed by atoms with Gasteiger partial charge in [0.25, 0.3) is 0 Å². The van der Waals surface area contributed by atoms with Crippen LogP contribution in [0.5, 0.6) is 0 Å². The fraction of sp³-hybridized carbons (Fsp3) is 0.759. The number of hydrogen-bond donors (Lipinski definition) is 1. The molecule has 5 atom stereocenters. The number of rotatable bonds is 13. The van der Waals surface area contributed by atoms with Crippen molar-refractivity contribution < 1.29 is 29.0 Å². The summed E-state index contributed by atoms with van der Waals surface area (Å²) in [6, 6.07) is -0.770. The van der Waals surface area contributed by atoms with Gasteiger partial charge < -0.3 is 24.4 Å². The number of fused-ring (bicyclic) bond motifs is 1. The molecule has 37 heavy (non-hydrogen) atoms. The number of aliphatic hydroxyl groups is 1. The molecule has 2 bridgehead atoms. The van der Waals surface area contributed by atoms with Crippen molar-refractivity contribution >= 4 is 17.8 Å². The van der Waals surface area contributed by atoms with E-state index in [1.54, 1.807) is 6.08 Å². The fourth-order valence-electron chi connectivity index (χ4n) is 7.47. The number of unbranched alkanes of at least 4 members (excludes halogenated alkanes) is 2. The third-order valence-electron chi connectivity index (χ3n) is 9.18. The zero-order valence-corrected chi connectivity index (χ0v) is 22.4. The lowest BCUT2D eigenvalue weighted by Crippen LogP contribution is -2.58. The van der Waals surface area contributed by atoms with Gasteiger partial charge in [-0.25, -0.2) is 0 Å². The van der Waals surface area contributed by atoms with E-state index in [0.717, 1.165) is 51.4 Å². The van der Waals surface area contributed by atoms with E-state index in [4.69, 9.17) is 9.47 Å². The van der Waals surface area contributed by atoms with Crippen LogP contribution in [-0.2, 0) is 23.9 Å². The van der Waals surface area contributed by atoms with E-state index in [0.29, 0.717) is 25.8 Å². The maximum atomic E-state index is 14.3. The van der Waals surface area contributed by atoms with Crippen LogP contribution in [0.15, 0.2) is 25.3 Å². The van der Waals surface area contributed by atoms with Crippen LogP contribution in [0.1, 0.15) is 77.6 Å². The van der Waals surface area contributed by atoms with E-state index in [2.05, 4.69) is 13.2 Å². The normalized spacial score (nSPS) is 32.9. The van der Waals surface area contributed by atoms with Gasteiger partial charge in [0.2, 0.25) is 11.8 Å². The second kappa shape index (κ2) is 11.7. The Morgan fingerprint density at radius 2 is 1.95 bits per heavy atom. The van der Waals surface area contributed by atoms with Crippen LogP contribution in [0.4, 0.5) is 0 Å². The smallest absolute Gasteiger partial charge is 0.312 e. The molecule has 1 spiro atoms. The third-order valence-corrected chi connectivity index (χ3v) is 9.18. The van der Waals surface area contributed by atoms with Gasteiger partial charge in [0, 0.05) is 19.1 Å². The van der Waals surface area contributed by atoms with E-state index in [-0.39, 0.29) is 37.6 Å². The molecule has 0 aromatic rings. The van der Waals surface area contributed by atoms with Crippen molar-refractivity contribution in [1.82, 2.24) is 9.80 Å². The summed E-state index contributed by atoms with van der Waals surface area (Å²) in [5.74, 6) is -2.37. The van der Waals surface area contributed by atoms with Crippen molar-refractivity contribution in [3.8, 4) is 0 Å². The van der Waals surface area contributed by atoms with Gasteiger partial charge in [-0.15, -0.1) is 13.2 Å². The molecule has 4 fully saturated rings. The number of likely N-dealkylation sites (tertiary alicyclic amines) is 1. The SMILES string of the molecule is C=CCCCCOC(=O)[C@H]1[C@H]2C(=O)N(CCO)C(C(=O)N(CC=C)C3CCCCC3)C23CC[C@]1(CC)O3. The number of carbonyl (C=O) groups excluding carboxylic acids is 3. The minimum Gasteiger partial charge on any atom is -0.465 e. The Morgan fingerprint density at radius 3 is 2.59 bits per heavy atom. The first kappa shape index (κ1) is 27.8. The van der Waals surface area contributed by atoms with Crippen molar-refractivity contribution in [3.05, 3.63) is 25.3 Å². The molecule has 1 N–H and O–H groups in total. The van der Waals surface area contributed by atoms with Crippen LogP contribution in [-0.4, -0.2) is 82.3 Å². The first-order valence-corrected chi connectivity index (χ1v) is 14.2. The van der Waals surface area contributed by atoms with E-state index in [1.165, 1.54) is 4.90 Å². The average molecular weight is 517 g/mol. The number of nitrogens with zero attached hydrogens (tertiary/aromatic N) is 2. The monoisotopic (exact) mass is 516 g/mol. The van der Waals surface area contributed by atoms with Crippen LogP contribution in [0.25, 0.3) is 0 Å². The number of ether oxygens (including phenoxy) is 2. The topological polar surface area (TPSA) is 96.4 Å². The number of hydrogen-bond acceptors (Lipinski definition) is 6. The lowest BCUT2D eigenvalue weighted by atomic mass is 9.65. The molecule has 206 valence electrons. The number of aliphatic hydroxyl groups excluding tert-OH is 1. The van der Waals surface area contributed by atoms with Gasteiger partial charge in [-0.3, -0.25) is 14.4 Å². The Hall–Kier alpha value is -2.19. The van der Waals surface area contributed by atoms with E-state index >= 15 is 0 Å². The molecule has 0 aromatic carbocycles. The molecule has 0 radical (unpaired) electrons. The van der Waals surface area contributed by atoms with Gasteiger partial charge in [0.05, 0.1) is 24.7 Å². The summed E-state index contributed by atoms with van der Waals surface area (Å²) < 4.78 is 12.5. The van der Waals surface area contributed by atoms with Gasteiger partial charge in [-0.1, -0.05) is 38.3 Å². The molecule has 2 amide bonds. The van der Waals surface area contributed by atoms with E-state index in [9.17, 15) is 19.5 Å². The predicted molar refractivity (Wildman–Crippen MR) is 139 cm³/mol. The zero-order valence-electron chi connectivity index (χ0n) is 22.4. The quantitative estimate of drug-likeness (QED) is 0.229. The highest BCUT2D eigenvalue weighted by atomic mass is 16.6. The number of allylic oxidation sites excluding steroid dienone is 1. The Bertz CT molecular complexity index is 886. The second-order valence-electron chi connectivity index (χ2n) is 11.1. The molecule has 3 heterocycles. The van der Waals surface area contributed by atoms with Gasteiger partial charge in [0.1, 0.15) is 17.6 Å².